The average molecular weight is 360 g/mol. The third-order valence-electron chi connectivity index (χ3n) is 4.32. The number of hydrogen-bond acceptors (Lipinski definition) is 4. The van der Waals surface area contributed by atoms with Crippen LogP contribution >= 0.6 is 0 Å². The minimum atomic E-state index is -3.63. The molecule has 0 radical (unpaired) electrons. The lowest BCUT2D eigenvalue weighted by molar-refractivity contribution is -0.117. The summed E-state index contributed by atoms with van der Waals surface area (Å²) in [6.07, 6.45) is 0.756. The highest BCUT2D eigenvalue weighted by atomic mass is 32.2. The van der Waals surface area contributed by atoms with E-state index in [9.17, 15) is 13.2 Å². The zero-order chi connectivity index (χ0) is 18.0. The number of benzene rings is 2. The van der Waals surface area contributed by atoms with Crippen LogP contribution in [-0.4, -0.2) is 35.0 Å². The Kier molecular flexibility index (Phi) is 4.78. The molecule has 0 saturated carbocycles. The molecule has 1 amide bonds. The molecule has 1 aliphatic rings. The van der Waals surface area contributed by atoms with E-state index in [4.69, 9.17) is 4.74 Å². The van der Waals surface area contributed by atoms with Crippen molar-refractivity contribution in [2.24, 2.45) is 0 Å². The van der Waals surface area contributed by atoms with Crippen molar-refractivity contribution in [1.29, 1.82) is 0 Å². The Morgan fingerprint density at radius 1 is 1.20 bits per heavy atom. The number of methoxy groups -OCH3 is 1. The van der Waals surface area contributed by atoms with E-state index in [1.165, 1.54) is 6.07 Å². The molecule has 7 heteroatoms. The Bertz CT molecular complexity index is 909. The van der Waals surface area contributed by atoms with Crippen LogP contribution in [0.2, 0.25) is 0 Å². The van der Waals surface area contributed by atoms with Gasteiger partial charge in [0.2, 0.25) is 15.9 Å². The van der Waals surface area contributed by atoms with Crippen LogP contribution in [0.3, 0.4) is 0 Å². The van der Waals surface area contributed by atoms with Crippen LogP contribution in [0.5, 0.6) is 5.75 Å². The van der Waals surface area contributed by atoms with E-state index in [1.807, 2.05) is 24.3 Å². The van der Waals surface area contributed by atoms with E-state index < -0.39 is 10.0 Å². The maximum absolute atomic E-state index is 12.5. The summed E-state index contributed by atoms with van der Waals surface area (Å²) >= 11 is 0. The highest BCUT2D eigenvalue weighted by Crippen LogP contribution is 2.29. The molecule has 0 bridgehead atoms. The number of carbonyl (C=O) groups excluding carboxylic acids is 1. The molecule has 1 aliphatic heterocycles. The molecule has 2 aromatic carbocycles. The molecule has 132 valence electrons. The summed E-state index contributed by atoms with van der Waals surface area (Å²) in [7, 11) is -0.350. The van der Waals surface area contributed by atoms with Crippen LogP contribution in [0, 0.1) is 0 Å². The molecule has 0 fully saturated rings. The smallest absolute Gasteiger partial charge is 0.240 e. The Morgan fingerprint density at radius 2 is 1.96 bits per heavy atom. The number of ether oxygens (including phenoxy) is 1. The quantitative estimate of drug-likeness (QED) is 0.851. The number of sulfonamides is 1. The lowest BCUT2D eigenvalue weighted by atomic mass is 10.1. The van der Waals surface area contributed by atoms with Gasteiger partial charge in [-0.1, -0.05) is 18.2 Å². The molecule has 0 atom stereocenters. The van der Waals surface area contributed by atoms with Gasteiger partial charge in [-0.15, -0.1) is 0 Å². The van der Waals surface area contributed by atoms with E-state index in [0.717, 1.165) is 22.6 Å². The largest absolute Gasteiger partial charge is 0.496 e. The number of nitrogens with zero attached hydrogens (tertiary/aromatic N) is 1. The van der Waals surface area contributed by atoms with Gasteiger partial charge in [0.05, 0.1) is 18.4 Å². The summed E-state index contributed by atoms with van der Waals surface area (Å²) in [5, 5.41) is 0. The van der Waals surface area contributed by atoms with Crippen molar-refractivity contribution in [2.45, 2.75) is 17.7 Å². The van der Waals surface area contributed by atoms with Gasteiger partial charge in [0.1, 0.15) is 5.75 Å². The van der Waals surface area contributed by atoms with Crippen LogP contribution in [0.15, 0.2) is 47.4 Å². The topological polar surface area (TPSA) is 75.7 Å². The Morgan fingerprint density at radius 3 is 2.72 bits per heavy atom. The normalized spacial score (nSPS) is 13.8. The molecular formula is C18H20N2O4S. The maximum atomic E-state index is 12.5. The number of likely N-dealkylation sites (N-methyl/N-ethyl adjacent to an activating group) is 1. The zero-order valence-corrected chi connectivity index (χ0v) is 15.0. The van der Waals surface area contributed by atoms with Crippen LogP contribution in [0.4, 0.5) is 5.69 Å². The highest BCUT2D eigenvalue weighted by Gasteiger charge is 2.26. The van der Waals surface area contributed by atoms with Gasteiger partial charge in [0.25, 0.3) is 0 Å². The van der Waals surface area contributed by atoms with Crippen molar-refractivity contribution in [2.75, 3.05) is 25.6 Å². The molecule has 1 N–H and O–H groups in total. The van der Waals surface area contributed by atoms with Crippen molar-refractivity contribution in [3.05, 3.63) is 53.6 Å². The molecule has 0 unspecified atom stereocenters. The first-order chi connectivity index (χ1) is 11.9. The molecule has 1 heterocycles. The Balaban J connectivity index is 1.71. The molecule has 3 rings (SSSR count). The minimum absolute atomic E-state index is 0.0336. The monoisotopic (exact) mass is 360 g/mol. The van der Waals surface area contributed by atoms with E-state index >= 15 is 0 Å². The Labute approximate surface area is 147 Å². The Hall–Kier alpha value is -2.38. The van der Waals surface area contributed by atoms with Gasteiger partial charge in [-0.3, -0.25) is 4.79 Å². The molecule has 6 nitrogen and oxygen atoms in total. The predicted octanol–water partition coefficient (Wildman–Crippen LogP) is 1.74. The van der Waals surface area contributed by atoms with Gasteiger partial charge >= 0.3 is 0 Å². The maximum Gasteiger partial charge on any atom is 0.240 e. The molecule has 0 aliphatic carbocycles. The second kappa shape index (κ2) is 6.85. The fraction of sp³-hybridized carbons (Fsp3) is 0.278. The number of para-hydroxylation sites is 1. The molecular weight excluding hydrogens is 340 g/mol. The lowest BCUT2D eigenvalue weighted by Gasteiger charge is -2.12. The first kappa shape index (κ1) is 17.4. The number of fused-ring (bicyclic) bond motifs is 1. The van der Waals surface area contributed by atoms with E-state index in [-0.39, 0.29) is 23.8 Å². The summed E-state index contributed by atoms with van der Waals surface area (Å²) in [4.78, 5) is 13.4. The van der Waals surface area contributed by atoms with Gasteiger partial charge in [-0.2, -0.15) is 0 Å². The van der Waals surface area contributed by atoms with Crippen LogP contribution in [0.25, 0.3) is 0 Å². The molecule has 0 saturated heterocycles. The van der Waals surface area contributed by atoms with E-state index in [1.54, 1.807) is 31.2 Å². The summed E-state index contributed by atoms with van der Waals surface area (Å²) < 4.78 is 32.9. The predicted molar refractivity (Wildman–Crippen MR) is 95.4 cm³/mol. The molecule has 0 aromatic heterocycles. The summed E-state index contributed by atoms with van der Waals surface area (Å²) in [5.74, 6) is 0.703. The number of rotatable bonds is 6. The second-order valence-electron chi connectivity index (χ2n) is 5.88. The molecule has 0 spiro atoms. The van der Waals surface area contributed by atoms with Crippen molar-refractivity contribution in [1.82, 2.24) is 4.72 Å². The summed E-state index contributed by atoms with van der Waals surface area (Å²) in [6, 6.07) is 12.3. The average Bonchev–Trinajstić information content (AvgIpc) is 2.89. The number of amides is 1. The summed E-state index contributed by atoms with van der Waals surface area (Å²) in [5.41, 5.74) is 2.44. The first-order valence-corrected chi connectivity index (χ1v) is 9.42. The fourth-order valence-corrected chi connectivity index (χ4v) is 4.01. The highest BCUT2D eigenvalue weighted by molar-refractivity contribution is 7.89. The van der Waals surface area contributed by atoms with Gasteiger partial charge in [0.15, 0.2) is 0 Å². The number of carbonyl (C=O) groups is 1. The van der Waals surface area contributed by atoms with Crippen molar-refractivity contribution in [3.63, 3.8) is 0 Å². The zero-order valence-electron chi connectivity index (χ0n) is 14.2. The summed E-state index contributed by atoms with van der Waals surface area (Å²) in [6.45, 7) is 0.263. The lowest BCUT2D eigenvalue weighted by Crippen LogP contribution is -2.26. The van der Waals surface area contributed by atoms with E-state index in [0.29, 0.717) is 6.42 Å². The standard InChI is InChI=1S/C18H20N2O4S/c1-20-16-8-7-15(11-14(16)12-18(20)21)25(22,23)19-10-9-13-5-3-4-6-17(13)24-2/h3-8,11,19H,9-10,12H2,1-2H3. The van der Waals surface area contributed by atoms with Gasteiger partial charge in [-0.25, -0.2) is 13.1 Å². The fourth-order valence-electron chi connectivity index (χ4n) is 2.93. The van der Waals surface area contributed by atoms with Gasteiger partial charge in [-0.05, 0) is 41.8 Å². The van der Waals surface area contributed by atoms with Crippen LogP contribution < -0.4 is 14.4 Å². The molecule has 25 heavy (non-hydrogen) atoms. The van der Waals surface area contributed by atoms with Crippen molar-refractivity contribution in [3.8, 4) is 5.75 Å². The van der Waals surface area contributed by atoms with E-state index in [2.05, 4.69) is 4.72 Å². The molecule has 2 aromatic rings. The van der Waals surface area contributed by atoms with Crippen LogP contribution in [0.1, 0.15) is 11.1 Å². The van der Waals surface area contributed by atoms with Crippen molar-refractivity contribution >= 4 is 21.6 Å². The minimum Gasteiger partial charge on any atom is -0.496 e. The second-order valence-corrected chi connectivity index (χ2v) is 7.65. The third kappa shape index (κ3) is 3.52. The third-order valence-corrected chi connectivity index (χ3v) is 5.78. The number of hydrogen-bond donors (Lipinski definition) is 1. The SMILES string of the molecule is COc1ccccc1CCNS(=O)(=O)c1ccc2c(c1)CC(=O)N2C. The van der Waals surface area contributed by atoms with Gasteiger partial charge < -0.3 is 9.64 Å². The van der Waals surface area contributed by atoms with Gasteiger partial charge in [0, 0.05) is 19.3 Å². The number of nitrogens with one attached hydrogen (secondary N) is 1. The van der Waals surface area contributed by atoms with Crippen LogP contribution in [-0.2, 0) is 27.7 Å². The van der Waals surface area contributed by atoms with Crippen molar-refractivity contribution < 1.29 is 17.9 Å². The number of anilines is 1. The first-order valence-electron chi connectivity index (χ1n) is 7.93.